The summed E-state index contributed by atoms with van der Waals surface area (Å²) in [5.41, 5.74) is 0. The fraction of sp³-hybridized carbons (Fsp3) is 0.500. The van der Waals surface area contributed by atoms with Crippen LogP contribution in [-0.4, -0.2) is 70.9 Å². The number of rotatable bonds is 4. The van der Waals surface area contributed by atoms with E-state index in [1.54, 1.807) is 21.9 Å². The fourth-order valence-corrected chi connectivity index (χ4v) is 3.91. The highest BCUT2D eigenvalue weighted by molar-refractivity contribution is 6.05. The monoisotopic (exact) mass is 343 g/mol. The molecule has 0 aromatic heterocycles. The molecular weight excluding hydrogens is 322 g/mol. The van der Waals surface area contributed by atoms with E-state index >= 15 is 0 Å². The van der Waals surface area contributed by atoms with Crippen molar-refractivity contribution in [3.05, 3.63) is 30.3 Å². The number of hydrogen-bond acceptors (Lipinski definition) is 4. The van der Waals surface area contributed by atoms with Gasteiger partial charge in [-0.05, 0) is 31.4 Å². The van der Waals surface area contributed by atoms with Crippen molar-refractivity contribution in [2.75, 3.05) is 26.2 Å². The molecule has 0 radical (unpaired) electrons. The van der Waals surface area contributed by atoms with Gasteiger partial charge in [-0.15, -0.1) is 0 Å². The maximum atomic E-state index is 12.5. The van der Waals surface area contributed by atoms with Gasteiger partial charge in [0.1, 0.15) is 11.8 Å². The van der Waals surface area contributed by atoms with Crippen molar-refractivity contribution in [1.29, 1.82) is 0 Å². The Kier molecular flexibility index (Phi) is 4.07. The average Bonchev–Trinajstić information content (AvgIpc) is 3.33. The number of hydrogen-bond donors (Lipinski definition) is 0. The van der Waals surface area contributed by atoms with E-state index in [1.165, 1.54) is 4.90 Å². The molecule has 1 aromatic rings. The lowest BCUT2D eigenvalue weighted by Crippen LogP contribution is -2.44. The van der Waals surface area contributed by atoms with Crippen molar-refractivity contribution in [3.63, 3.8) is 0 Å². The topological polar surface area (TPSA) is 70.2 Å². The van der Waals surface area contributed by atoms with Gasteiger partial charge >= 0.3 is 6.03 Å². The molecule has 0 spiro atoms. The van der Waals surface area contributed by atoms with Gasteiger partial charge in [0.25, 0.3) is 11.8 Å². The Morgan fingerprint density at radius 3 is 2.68 bits per heavy atom. The van der Waals surface area contributed by atoms with Crippen molar-refractivity contribution in [3.8, 4) is 5.75 Å². The van der Waals surface area contributed by atoms with Crippen molar-refractivity contribution in [2.24, 2.45) is 0 Å². The molecule has 0 N–H and O–H groups in total. The third-order valence-electron chi connectivity index (χ3n) is 5.21. The first-order valence-corrected chi connectivity index (χ1v) is 8.74. The first-order chi connectivity index (χ1) is 12.1. The molecule has 3 aliphatic heterocycles. The number of imide groups is 1. The van der Waals surface area contributed by atoms with Gasteiger partial charge in [-0.25, -0.2) is 4.79 Å². The van der Waals surface area contributed by atoms with Crippen LogP contribution in [-0.2, 0) is 9.59 Å². The van der Waals surface area contributed by atoms with E-state index in [2.05, 4.69) is 0 Å². The van der Waals surface area contributed by atoms with Crippen molar-refractivity contribution >= 4 is 17.8 Å². The zero-order valence-electron chi connectivity index (χ0n) is 14.0. The molecule has 4 rings (SSSR count). The lowest BCUT2D eigenvalue weighted by atomic mass is 10.2. The Morgan fingerprint density at radius 1 is 1.12 bits per heavy atom. The van der Waals surface area contributed by atoms with Gasteiger partial charge in [-0.2, -0.15) is 0 Å². The van der Waals surface area contributed by atoms with Gasteiger partial charge in [0.2, 0.25) is 0 Å². The highest BCUT2D eigenvalue weighted by atomic mass is 16.5. The second kappa shape index (κ2) is 6.38. The number of likely N-dealkylation sites (tertiary alicyclic amines) is 1. The number of carbonyl (C=O) groups excluding carboxylic acids is 3. The van der Waals surface area contributed by atoms with Crippen LogP contribution in [0.2, 0.25) is 0 Å². The zero-order valence-corrected chi connectivity index (χ0v) is 14.0. The van der Waals surface area contributed by atoms with Crippen LogP contribution >= 0.6 is 0 Å². The Morgan fingerprint density at radius 2 is 1.92 bits per heavy atom. The maximum absolute atomic E-state index is 12.5. The molecule has 3 aliphatic rings. The molecule has 1 aromatic carbocycles. The van der Waals surface area contributed by atoms with Crippen LogP contribution in [0.25, 0.3) is 0 Å². The lowest BCUT2D eigenvalue weighted by molar-refractivity contribution is -0.133. The summed E-state index contributed by atoms with van der Waals surface area (Å²) in [6.07, 6.45) is 2.28. The summed E-state index contributed by atoms with van der Waals surface area (Å²) >= 11 is 0. The Balaban J connectivity index is 1.34. The van der Waals surface area contributed by atoms with E-state index in [1.807, 2.05) is 18.2 Å². The second-order valence-electron chi connectivity index (χ2n) is 6.73. The van der Waals surface area contributed by atoms with E-state index in [4.69, 9.17) is 4.74 Å². The molecule has 7 nitrogen and oxygen atoms in total. The number of benzene rings is 1. The SMILES string of the molecule is O=C(COc1ccccc1)N1CCC(N2C(=O)C3CCCN3C2=O)C1. The summed E-state index contributed by atoms with van der Waals surface area (Å²) in [6.45, 7) is 1.57. The van der Waals surface area contributed by atoms with Gasteiger partial charge in [-0.1, -0.05) is 18.2 Å². The number of carbonyl (C=O) groups is 3. The minimum atomic E-state index is -0.279. The molecule has 0 saturated carbocycles. The largest absolute Gasteiger partial charge is 0.484 e. The minimum absolute atomic E-state index is 0.0343. The molecular formula is C18H21N3O4. The molecule has 0 aliphatic carbocycles. The Labute approximate surface area is 146 Å². The summed E-state index contributed by atoms with van der Waals surface area (Å²) < 4.78 is 5.50. The third kappa shape index (κ3) is 2.83. The van der Waals surface area contributed by atoms with E-state index in [0.29, 0.717) is 31.8 Å². The quantitative estimate of drug-likeness (QED) is 0.768. The Hall–Kier alpha value is -2.57. The number of nitrogens with zero attached hydrogens (tertiary/aromatic N) is 3. The molecule has 3 heterocycles. The van der Waals surface area contributed by atoms with E-state index in [-0.39, 0.29) is 36.5 Å². The van der Waals surface area contributed by atoms with Gasteiger partial charge < -0.3 is 14.5 Å². The minimum Gasteiger partial charge on any atom is -0.484 e. The van der Waals surface area contributed by atoms with Gasteiger partial charge in [0.15, 0.2) is 6.61 Å². The molecule has 3 fully saturated rings. The number of fused-ring (bicyclic) bond motifs is 1. The van der Waals surface area contributed by atoms with Crippen LogP contribution in [0.15, 0.2) is 30.3 Å². The van der Waals surface area contributed by atoms with Gasteiger partial charge in [0.05, 0.1) is 6.04 Å². The molecule has 4 amide bonds. The van der Waals surface area contributed by atoms with E-state index in [0.717, 1.165) is 12.8 Å². The molecule has 2 atom stereocenters. The Bertz CT molecular complexity index is 671. The lowest BCUT2D eigenvalue weighted by Gasteiger charge is -2.23. The summed E-state index contributed by atoms with van der Waals surface area (Å²) in [5, 5.41) is 0. The van der Waals surface area contributed by atoms with Crippen LogP contribution in [0.3, 0.4) is 0 Å². The summed E-state index contributed by atoms with van der Waals surface area (Å²) in [5.74, 6) is 0.436. The third-order valence-corrected chi connectivity index (χ3v) is 5.21. The molecule has 7 heteroatoms. The van der Waals surface area contributed by atoms with Crippen LogP contribution < -0.4 is 4.74 Å². The summed E-state index contributed by atoms with van der Waals surface area (Å²) in [7, 11) is 0. The van der Waals surface area contributed by atoms with E-state index in [9.17, 15) is 14.4 Å². The standard InChI is InChI=1S/C18H21N3O4/c22-16(12-25-14-5-2-1-3-6-14)19-10-8-13(11-19)21-17(23)15-7-4-9-20(15)18(21)24/h1-3,5-6,13,15H,4,7-12H2. The number of amides is 4. The highest BCUT2D eigenvalue weighted by Gasteiger charge is 2.51. The first kappa shape index (κ1) is 15.9. The molecule has 2 unspecified atom stereocenters. The van der Waals surface area contributed by atoms with Crippen LogP contribution in [0.4, 0.5) is 4.79 Å². The van der Waals surface area contributed by atoms with Crippen molar-refractivity contribution in [2.45, 2.75) is 31.3 Å². The number of ether oxygens (including phenoxy) is 1. The molecule has 0 bridgehead atoms. The maximum Gasteiger partial charge on any atom is 0.327 e. The predicted molar refractivity (Wildman–Crippen MR) is 88.9 cm³/mol. The smallest absolute Gasteiger partial charge is 0.327 e. The van der Waals surface area contributed by atoms with E-state index < -0.39 is 0 Å². The predicted octanol–water partition coefficient (Wildman–Crippen LogP) is 1.09. The molecule has 132 valence electrons. The van der Waals surface area contributed by atoms with Gasteiger partial charge in [0, 0.05) is 19.6 Å². The van der Waals surface area contributed by atoms with Crippen LogP contribution in [0.5, 0.6) is 5.75 Å². The summed E-state index contributed by atoms with van der Waals surface area (Å²) in [4.78, 5) is 42.1. The number of para-hydroxylation sites is 1. The van der Waals surface area contributed by atoms with Crippen molar-refractivity contribution in [1.82, 2.24) is 14.7 Å². The van der Waals surface area contributed by atoms with Crippen LogP contribution in [0.1, 0.15) is 19.3 Å². The van der Waals surface area contributed by atoms with Crippen molar-refractivity contribution < 1.29 is 19.1 Å². The average molecular weight is 343 g/mol. The normalized spacial score (nSPS) is 25.7. The zero-order chi connectivity index (χ0) is 17.4. The number of urea groups is 1. The second-order valence-corrected chi connectivity index (χ2v) is 6.73. The van der Waals surface area contributed by atoms with Crippen LogP contribution in [0, 0.1) is 0 Å². The summed E-state index contributed by atoms with van der Waals surface area (Å²) in [6, 6.07) is 8.50. The molecule has 25 heavy (non-hydrogen) atoms. The first-order valence-electron chi connectivity index (χ1n) is 8.74. The fourth-order valence-electron chi connectivity index (χ4n) is 3.91. The highest BCUT2D eigenvalue weighted by Crippen LogP contribution is 2.31. The van der Waals surface area contributed by atoms with Gasteiger partial charge in [-0.3, -0.25) is 14.5 Å². The molecule has 3 saturated heterocycles.